The molecule has 1 amide bonds. The van der Waals surface area contributed by atoms with Crippen LogP contribution in [-0.4, -0.2) is 53.8 Å². The van der Waals surface area contributed by atoms with Crippen molar-refractivity contribution < 1.29 is 24.2 Å². The molecule has 23 heavy (non-hydrogen) atoms. The highest BCUT2D eigenvalue weighted by atomic mass is 16.5. The Morgan fingerprint density at radius 1 is 1.43 bits per heavy atom. The van der Waals surface area contributed by atoms with E-state index in [2.05, 4.69) is 0 Å². The van der Waals surface area contributed by atoms with E-state index in [1.807, 2.05) is 0 Å². The van der Waals surface area contributed by atoms with Gasteiger partial charge in [-0.1, -0.05) is 6.07 Å². The molecule has 0 spiro atoms. The highest BCUT2D eigenvalue weighted by Gasteiger charge is 2.35. The average molecular weight is 321 g/mol. The van der Waals surface area contributed by atoms with Crippen molar-refractivity contribution in [3.63, 3.8) is 0 Å². The first-order valence-corrected chi connectivity index (χ1v) is 7.68. The summed E-state index contributed by atoms with van der Waals surface area (Å²) in [6.07, 6.45) is 2.12. The third-order valence-corrected chi connectivity index (χ3v) is 4.21. The molecule has 0 radical (unpaired) electrons. The van der Waals surface area contributed by atoms with Gasteiger partial charge in [-0.3, -0.25) is 4.79 Å². The summed E-state index contributed by atoms with van der Waals surface area (Å²) in [7, 11) is 1.48. The summed E-state index contributed by atoms with van der Waals surface area (Å²) in [6.45, 7) is 4.20. The summed E-state index contributed by atoms with van der Waals surface area (Å²) in [5.41, 5.74) is -0.891. The molecule has 0 aromatic heterocycles. The zero-order valence-electron chi connectivity index (χ0n) is 13.7. The number of carbonyl (C=O) groups excluding carboxylic acids is 1. The number of carbonyl (C=O) groups is 2. The monoisotopic (exact) mass is 321 g/mol. The molecule has 0 bridgehead atoms. The summed E-state index contributed by atoms with van der Waals surface area (Å²) in [5, 5.41) is 9.24. The largest absolute Gasteiger partial charge is 0.491 e. The summed E-state index contributed by atoms with van der Waals surface area (Å²) in [4.78, 5) is 25.0. The number of amides is 1. The minimum Gasteiger partial charge on any atom is -0.491 e. The van der Waals surface area contributed by atoms with Crippen LogP contribution in [0.5, 0.6) is 5.75 Å². The molecule has 1 saturated heterocycles. The van der Waals surface area contributed by atoms with E-state index in [9.17, 15) is 14.7 Å². The molecule has 1 N–H and O–H groups in total. The molecule has 1 fully saturated rings. The average Bonchev–Trinajstić information content (AvgIpc) is 3.05. The van der Waals surface area contributed by atoms with E-state index < -0.39 is 11.5 Å². The van der Waals surface area contributed by atoms with Crippen molar-refractivity contribution in [3.05, 3.63) is 29.8 Å². The number of ether oxygens (including phenoxy) is 2. The van der Waals surface area contributed by atoms with E-state index >= 15 is 0 Å². The number of aliphatic carboxylic acids is 1. The molecule has 1 aliphatic rings. The lowest BCUT2D eigenvalue weighted by atomic mass is 10.0. The fraction of sp³-hybridized carbons (Fsp3) is 0.529. The Hall–Kier alpha value is -2.08. The van der Waals surface area contributed by atoms with Crippen LogP contribution in [0.1, 0.15) is 37.0 Å². The third kappa shape index (κ3) is 4.01. The number of benzene rings is 1. The molecule has 1 aromatic rings. The van der Waals surface area contributed by atoms with Gasteiger partial charge in [0.1, 0.15) is 17.9 Å². The molecule has 1 heterocycles. The van der Waals surface area contributed by atoms with Crippen molar-refractivity contribution in [2.24, 2.45) is 0 Å². The highest BCUT2D eigenvalue weighted by molar-refractivity contribution is 5.97. The number of nitrogens with zero attached hydrogens (tertiary/aromatic N) is 1. The van der Waals surface area contributed by atoms with Crippen LogP contribution >= 0.6 is 0 Å². The van der Waals surface area contributed by atoms with E-state index in [0.717, 1.165) is 19.4 Å². The number of rotatable bonds is 6. The Bertz CT molecular complexity index is 578. The van der Waals surface area contributed by atoms with Gasteiger partial charge in [0, 0.05) is 19.2 Å². The highest BCUT2D eigenvalue weighted by Crippen LogP contribution is 2.21. The fourth-order valence-corrected chi connectivity index (χ4v) is 2.27. The summed E-state index contributed by atoms with van der Waals surface area (Å²) < 4.78 is 11.2. The van der Waals surface area contributed by atoms with E-state index in [4.69, 9.17) is 9.47 Å². The van der Waals surface area contributed by atoms with E-state index in [1.165, 1.54) is 25.8 Å². The van der Waals surface area contributed by atoms with Crippen LogP contribution in [0, 0.1) is 0 Å². The molecule has 6 nitrogen and oxygen atoms in total. The van der Waals surface area contributed by atoms with Crippen LogP contribution in [0.4, 0.5) is 0 Å². The van der Waals surface area contributed by atoms with Gasteiger partial charge < -0.3 is 19.5 Å². The second-order valence-corrected chi connectivity index (χ2v) is 6.20. The molecule has 0 saturated carbocycles. The molecule has 1 aliphatic heterocycles. The first kappa shape index (κ1) is 17.3. The van der Waals surface area contributed by atoms with Crippen LogP contribution in [0.3, 0.4) is 0 Å². The van der Waals surface area contributed by atoms with Crippen LogP contribution in [-0.2, 0) is 9.53 Å². The maximum Gasteiger partial charge on any atom is 0.329 e. The molecule has 1 unspecified atom stereocenters. The fourth-order valence-electron chi connectivity index (χ4n) is 2.27. The zero-order chi connectivity index (χ0) is 17.0. The van der Waals surface area contributed by atoms with E-state index in [0.29, 0.717) is 17.9 Å². The molecule has 6 heteroatoms. The number of carboxylic acid groups (broad SMARTS) is 1. The molecular formula is C17H23NO5. The molecule has 2 rings (SSSR count). The standard InChI is InChI=1S/C17H23NO5/c1-17(2,16(20)21)18(3)15(19)12-6-4-7-13(10-12)23-11-14-8-5-9-22-14/h4,6-7,10,14H,5,8-9,11H2,1-3H3,(H,20,21). The predicted molar refractivity (Wildman–Crippen MR) is 84.7 cm³/mol. The number of hydrogen-bond donors (Lipinski definition) is 1. The Labute approximate surface area is 136 Å². The lowest BCUT2D eigenvalue weighted by Gasteiger charge is -2.31. The minimum absolute atomic E-state index is 0.1000. The smallest absolute Gasteiger partial charge is 0.329 e. The molecule has 126 valence electrons. The lowest BCUT2D eigenvalue weighted by molar-refractivity contribution is -0.147. The lowest BCUT2D eigenvalue weighted by Crippen LogP contribution is -2.50. The van der Waals surface area contributed by atoms with Gasteiger partial charge in [0.05, 0.1) is 6.10 Å². The van der Waals surface area contributed by atoms with Gasteiger partial charge in [-0.2, -0.15) is 0 Å². The Kier molecular flexibility index (Phi) is 5.26. The van der Waals surface area contributed by atoms with Crippen molar-refractivity contribution in [3.8, 4) is 5.75 Å². The van der Waals surface area contributed by atoms with Crippen molar-refractivity contribution in [1.29, 1.82) is 0 Å². The van der Waals surface area contributed by atoms with Crippen LogP contribution in [0.25, 0.3) is 0 Å². The second kappa shape index (κ2) is 7.00. The Morgan fingerprint density at radius 2 is 2.17 bits per heavy atom. The zero-order valence-corrected chi connectivity index (χ0v) is 13.7. The quantitative estimate of drug-likeness (QED) is 0.869. The van der Waals surface area contributed by atoms with Crippen LogP contribution in [0.2, 0.25) is 0 Å². The Balaban J connectivity index is 2.06. The predicted octanol–water partition coefficient (Wildman–Crippen LogP) is 2.18. The van der Waals surface area contributed by atoms with Gasteiger partial charge in [0.25, 0.3) is 5.91 Å². The third-order valence-electron chi connectivity index (χ3n) is 4.21. The summed E-state index contributed by atoms with van der Waals surface area (Å²) >= 11 is 0. The molecule has 0 aliphatic carbocycles. The maximum absolute atomic E-state index is 12.5. The van der Waals surface area contributed by atoms with E-state index in [-0.39, 0.29) is 12.0 Å². The van der Waals surface area contributed by atoms with Gasteiger partial charge in [0.2, 0.25) is 0 Å². The van der Waals surface area contributed by atoms with E-state index in [1.54, 1.807) is 24.3 Å². The number of likely N-dealkylation sites (N-methyl/N-ethyl adjacent to an activating group) is 1. The van der Waals surface area contributed by atoms with Gasteiger partial charge >= 0.3 is 5.97 Å². The first-order valence-electron chi connectivity index (χ1n) is 7.68. The molecule has 1 aromatic carbocycles. The van der Waals surface area contributed by atoms with Gasteiger partial charge in [-0.05, 0) is 44.9 Å². The van der Waals surface area contributed by atoms with Gasteiger partial charge in [0.15, 0.2) is 0 Å². The topological polar surface area (TPSA) is 76.1 Å². The van der Waals surface area contributed by atoms with Crippen LogP contribution in [0.15, 0.2) is 24.3 Å². The summed E-state index contributed by atoms with van der Waals surface area (Å²) in [6, 6.07) is 6.77. The van der Waals surface area contributed by atoms with Gasteiger partial charge in [-0.25, -0.2) is 4.79 Å². The number of carboxylic acids is 1. The maximum atomic E-state index is 12.5. The summed E-state index contributed by atoms with van der Waals surface area (Å²) in [5.74, 6) is -0.841. The van der Waals surface area contributed by atoms with Crippen molar-refractivity contribution >= 4 is 11.9 Å². The normalized spacial score (nSPS) is 17.8. The minimum atomic E-state index is -1.29. The van der Waals surface area contributed by atoms with Crippen LogP contribution < -0.4 is 4.74 Å². The van der Waals surface area contributed by atoms with Crippen molar-refractivity contribution in [2.75, 3.05) is 20.3 Å². The first-order chi connectivity index (χ1) is 10.8. The second-order valence-electron chi connectivity index (χ2n) is 6.20. The van der Waals surface area contributed by atoms with Gasteiger partial charge in [-0.15, -0.1) is 0 Å². The SMILES string of the molecule is CN(C(=O)c1cccc(OCC2CCCO2)c1)C(C)(C)C(=O)O. The molecule has 1 atom stereocenters. The number of hydrogen-bond acceptors (Lipinski definition) is 4. The van der Waals surface area contributed by atoms with Crippen molar-refractivity contribution in [2.45, 2.75) is 38.3 Å². The Morgan fingerprint density at radius 3 is 2.78 bits per heavy atom. The molecular weight excluding hydrogens is 298 g/mol. The van der Waals surface area contributed by atoms with Crippen molar-refractivity contribution in [1.82, 2.24) is 4.90 Å².